The summed E-state index contributed by atoms with van der Waals surface area (Å²) in [6, 6.07) is 12.3. The molecule has 8 nitrogen and oxygen atoms in total. The topological polar surface area (TPSA) is 125 Å². The van der Waals surface area contributed by atoms with Crippen LogP contribution < -0.4 is 16.0 Å². The smallest absolute Gasteiger partial charge is 0.305 e. The number of carboxylic acid groups (broad SMARTS) is 1. The number of nitrogens with one attached hydrogen (secondary N) is 3. The molecule has 2 amide bonds. The van der Waals surface area contributed by atoms with Crippen LogP contribution in [0.5, 0.6) is 0 Å². The summed E-state index contributed by atoms with van der Waals surface area (Å²) in [6.45, 7) is 10.1. The molecule has 0 saturated heterocycles. The van der Waals surface area contributed by atoms with Gasteiger partial charge in [-0.1, -0.05) is 71.0 Å². The second-order valence-electron chi connectivity index (χ2n) is 7.30. The predicted molar refractivity (Wildman–Crippen MR) is 128 cm³/mol. The molecule has 0 spiro atoms. The molecule has 2 aromatic carbocycles. The average Bonchev–Trinajstić information content (AvgIpc) is 2.76. The molecule has 0 saturated carbocycles. The first kappa shape index (κ1) is 28.6. The molecule has 2 rings (SSSR count). The van der Waals surface area contributed by atoms with Crippen LogP contribution in [0.4, 0.5) is 5.69 Å². The number of carboxylic acids is 1. The van der Waals surface area contributed by atoms with Gasteiger partial charge in [0.05, 0.1) is 25.6 Å². The Labute approximate surface area is 189 Å². The van der Waals surface area contributed by atoms with Crippen LogP contribution in [0.15, 0.2) is 42.5 Å². The Hall–Kier alpha value is -3.42. The molecule has 0 unspecified atom stereocenters. The Kier molecular flexibility index (Phi) is 14.6. The van der Waals surface area contributed by atoms with Crippen molar-refractivity contribution in [3.63, 3.8) is 0 Å². The number of anilines is 1. The van der Waals surface area contributed by atoms with Crippen molar-refractivity contribution in [1.29, 1.82) is 0 Å². The summed E-state index contributed by atoms with van der Waals surface area (Å²) < 4.78 is 0. The van der Waals surface area contributed by atoms with E-state index in [-0.39, 0.29) is 13.1 Å². The molecular formula is C24H35N3O5. The molecule has 0 aliphatic rings. The van der Waals surface area contributed by atoms with Gasteiger partial charge in [0.15, 0.2) is 0 Å². The predicted octanol–water partition coefficient (Wildman–Crippen LogP) is 3.21. The third-order valence-electron chi connectivity index (χ3n) is 3.58. The summed E-state index contributed by atoms with van der Waals surface area (Å²) in [5, 5.41) is 18.3. The van der Waals surface area contributed by atoms with Crippen molar-refractivity contribution in [2.75, 3.05) is 18.4 Å². The fourth-order valence-corrected chi connectivity index (χ4v) is 2.38. The maximum absolute atomic E-state index is 11.9. The van der Waals surface area contributed by atoms with Gasteiger partial charge >= 0.3 is 5.97 Å². The van der Waals surface area contributed by atoms with Gasteiger partial charge in [-0.15, -0.1) is 0 Å². The molecule has 176 valence electrons. The Bertz CT molecular complexity index is 860. The number of hydrogen-bond acceptors (Lipinski definition) is 5. The van der Waals surface area contributed by atoms with Gasteiger partial charge in [0.2, 0.25) is 11.8 Å². The van der Waals surface area contributed by atoms with Gasteiger partial charge in [-0.05, 0) is 17.4 Å². The van der Waals surface area contributed by atoms with Crippen molar-refractivity contribution in [2.24, 2.45) is 5.92 Å². The lowest BCUT2D eigenvalue weighted by Crippen LogP contribution is -2.44. The van der Waals surface area contributed by atoms with Gasteiger partial charge in [-0.25, -0.2) is 0 Å². The number of aliphatic carboxylic acids is 1. The molecule has 1 atom stereocenters. The number of amides is 2. The van der Waals surface area contributed by atoms with E-state index in [1.165, 1.54) is 0 Å². The highest BCUT2D eigenvalue weighted by atomic mass is 16.4. The van der Waals surface area contributed by atoms with Crippen molar-refractivity contribution in [2.45, 2.75) is 47.1 Å². The summed E-state index contributed by atoms with van der Waals surface area (Å²) in [4.78, 5) is 44.8. The third-order valence-corrected chi connectivity index (χ3v) is 3.58. The normalized spacial score (nSPS) is 10.6. The summed E-state index contributed by atoms with van der Waals surface area (Å²) in [7, 11) is 0. The monoisotopic (exact) mass is 445 g/mol. The lowest BCUT2D eigenvalue weighted by atomic mass is 10.1. The highest BCUT2D eigenvalue weighted by Crippen LogP contribution is 2.22. The van der Waals surface area contributed by atoms with Crippen LogP contribution in [-0.2, 0) is 19.2 Å². The largest absolute Gasteiger partial charge is 0.481 e. The quantitative estimate of drug-likeness (QED) is 0.439. The molecule has 0 aliphatic carbocycles. The fourth-order valence-electron chi connectivity index (χ4n) is 2.38. The van der Waals surface area contributed by atoms with E-state index < -0.39 is 30.2 Å². The molecule has 2 aromatic rings. The molecule has 0 fully saturated rings. The van der Waals surface area contributed by atoms with Crippen molar-refractivity contribution in [3.8, 4) is 0 Å². The molecule has 8 heteroatoms. The van der Waals surface area contributed by atoms with Gasteiger partial charge in [0, 0.05) is 11.1 Å². The number of carbonyl (C=O) groups is 4. The number of rotatable bonds is 9. The Balaban J connectivity index is 0.00000144. The SMILES string of the molecule is CC.CC(C)C.O=C[C@H](CC(=O)O)NC(=O)CNC(=O)CNc1cccc2ccccc12. The first-order chi connectivity index (χ1) is 15.2. The second kappa shape index (κ2) is 16.3. The molecule has 0 radical (unpaired) electrons. The summed E-state index contributed by atoms with van der Waals surface area (Å²) in [6.07, 6.45) is -0.165. The van der Waals surface area contributed by atoms with Crippen LogP contribution in [0.2, 0.25) is 0 Å². The van der Waals surface area contributed by atoms with Gasteiger partial charge in [0.1, 0.15) is 6.29 Å². The van der Waals surface area contributed by atoms with E-state index in [2.05, 4.69) is 36.7 Å². The average molecular weight is 446 g/mol. The number of carbonyl (C=O) groups excluding carboxylic acids is 3. The Morgan fingerprint density at radius 3 is 2.12 bits per heavy atom. The van der Waals surface area contributed by atoms with E-state index in [4.69, 9.17) is 5.11 Å². The van der Waals surface area contributed by atoms with Gasteiger partial charge < -0.3 is 25.9 Å². The Morgan fingerprint density at radius 1 is 0.938 bits per heavy atom. The minimum Gasteiger partial charge on any atom is -0.481 e. The number of hydrogen-bond donors (Lipinski definition) is 4. The van der Waals surface area contributed by atoms with Gasteiger partial charge in [-0.3, -0.25) is 14.4 Å². The lowest BCUT2D eigenvalue weighted by Gasteiger charge is -2.12. The standard InChI is InChI=1S/C18H19N3O5.C4H10.C2H6/c22-11-13(8-18(25)26)21-17(24)10-20-16(23)9-19-15-7-3-5-12-4-1-2-6-14(12)15;1-4(2)3;1-2/h1-7,11,13,19H,8-10H2,(H,20,23)(H,21,24)(H,25,26);4H,1-3H3;1-2H3/t13-;;/m0../s1. The van der Waals surface area contributed by atoms with Crippen LogP contribution in [0.25, 0.3) is 10.8 Å². The molecule has 0 heterocycles. The minimum absolute atomic E-state index is 0.0342. The third kappa shape index (κ3) is 12.3. The van der Waals surface area contributed by atoms with Crippen LogP contribution in [0.3, 0.4) is 0 Å². The van der Waals surface area contributed by atoms with Crippen molar-refractivity contribution in [1.82, 2.24) is 10.6 Å². The highest BCUT2D eigenvalue weighted by molar-refractivity contribution is 5.95. The van der Waals surface area contributed by atoms with Crippen molar-refractivity contribution >= 4 is 40.5 Å². The van der Waals surface area contributed by atoms with Gasteiger partial charge in [-0.2, -0.15) is 0 Å². The molecule has 0 aliphatic heterocycles. The molecule has 0 bridgehead atoms. The van der Waals surface area contributed by atoms with E-state index in [1.54, 1.807) is 0 Å². The number of aldehydes is 1. The Morgan fingerprint density at radius 2 is 1.53 bits per heavy atom. The minimum atomic E-state index is -1.20. The van der Waals surface area contributed by atoms with E-state index in [1.807, 2.05) is 56.3 Å². The van der Waals surface area contributed by atoms with Crippen LogP contribution in [0, 0.1) is 5.92 Å². The van der Waals surface area contributed by atoms with Crippen LogP contribution in [0.1, 0.15) is 41.0 Å². The number of benzene rings is 2. The highest BCUT2D eigenvalue weighted by Gasteiger charge is 2.15. The lowest BCUT2D eigenvalue weighted by molar-refractivity contribution is -0.139. The molecular weight excluding hydrogens is 410 g/mol. The van der Waals surface area contributed by atoms with Gasteiger partial charge in [0.25, 0.3) is 0 Å². The van der Waals surface area contributed by atoms with E-state index in [0.29, 0.717) is 6.29 Å². The maximum Gasteiger partial charge on any atom is 0.305 e. The molecule has 4 N–H and O–H groups in total. The first-order valence-electron chi connectivity index (χ1n) is 10.7. The van der Waals surface area contributed by atoms with E-state index in [9.17, 15) is 19.2 Å². The molecule has 0 aromatic heterocycles. The number of fused-ring (bicyclic) bond motifs is 1. The van der Waals surface area contributed by atoms with Crippen LogP contribution in [-0.4, -0.2) is 48.3 Å². The van der Waals surface area contributed by atoms with E-state index in [0.717, 1.165) is 22.4 Å². The van der Waals surface area contributed by atoms with Crippen molar-refractivity contribution < 1.29 is 24.3 Å². The summed E-state index contributed by atoms with van der Waals surface area (Å²) >= 11 is 0. The second-order valence-corrected chi connectivity index (χ2v) is 7.30. The van der Waals surface area contributed by atoms with Crippen LogP contribution >= 0.6 is 0 Å². The maximum atomic E-state index is 11.9. The summed E-state index contributed by atoms with van der Waals surface area (Å²) in [5.41, 5.74) is 0.796. The zero-order valence-electron chi connectivity index (χ0n) is 19.5. The zero-order chi connectivity index (χ0) is 24.5. The van der Waals surface area contributed by atoms with Crippen molar-refractivity contribution in [3.05, 3.63) is 42.5 Å². The summed E-state index contributed by atoms with van der Waals surface area (Å²) in [5.74, 6) is -1.42. The van der Waals surface area contributed by atoms with E-state index >= 15 is 0 Å². The first-order valence-corrected chi connectivity index (χ1v) is 10.7. The fraction of sp³-hybridized carbons (Fsp3) is 0.417. The molecule has 32 heavy (non-hydrogen) atoms. The zero-order valence-corrected chi connectivity index (χ0v) is 19.5.